The number of halogens is 1. The van der Waals surface area contributed by atoms with Crippen LogP contribution in [0.25, 0.3) is 0 Å². The number of phenols is 1. The Morgan fingerprint density at radius 3 is 2.65 bits per heavy atom. The number of thiocarbonyl (C=S) groups is 1. The molecular formula is C20H19ClN2O2S. The molecule has 0 atom stereocenters. The first-order valence-electron chi connectivity index (χ1n) is 8.14. The summed E-state index contributed by atoms with van der Waals surface area (Å²) in [6.07, 6.45) is 1.63. The molecule has 0 aliphatic heterocycles. The van der Waals surface area contributed by atoms with Crippen molar-refractivity contribution in [3.05, 3.63) is 82.8 Å². The third-order valence-electron chi connectivity index (χ3n) is 3.99. The fourth-order valence-electron chi connectivity index (χ4n) is 2.51. The van der Waals surface area contributed by atoms with Gasteiger partial charge >= 0.3 is 0 Å². The minimum Gasteiger partial charge on any atom is -0.508 e. The molecule has 6 heteroatoms. The van der Waals surface area contributed by atoms with Gasteiger partial charge in [-0.15, -0.1) is 0 Å². The molecule has 2 N–H and O–H groups in total. The smallest absolute Gasteiger partial charge is 0.174 e. The average molecular weight is 387 g/mol. The lowest BCUT2D eigenvalue weighted by atomic mass is 10.2. The van der Waals surface area contributed by atoms with E-state index in [-0.39, 0.29) is 5.75 Å². The molecule has 0 saturated carbocycles. The van der Waals surface area contributed by atoms with E-state index in [4.69, 9.17) is 28.2 Å². The minimum atomic E-state index is 0.234. The Labute approximate surface area is 163 Å². The van der Waals surface area contributed by atoms with Gasteiger partial charge in [0.05, 0.1) is 12.8 Å². The van der Waals surface area contributed by atoms with Gasteiger partial charge in [-0.2, -0.15) is 0 Å². The summed E-state index contributed by atoms with van der Waals surface area (Å²) in [6.45, 7) is 2.87. The van der Waals surface area contributed by atoms with Crippen molar-refractivity contribution in [2.24, 2.45) is 0 Å². The van der Waals surface area contributed by atoms with Gasteiger partial charge in [0.15, 0.2) is 5.11 Å². The molecule has 1 aromatic heterocycles. The Hall–Kier alpha value is -2.50. The second kappa shape index (κ2) is 8.25. The molecule has 1 heterocycles. The molecule has 2 aromatic carbocycles. The standard InChI is InChI=1S/C20H19ClN2O2S/c1-14-8-9-16(11-18(14)21)22-20(26)23(13-17-6-4-10-25-17)12-15-5-2-3-7-19(15)24/h2-11,24H,12-13H2,1H3,(H,22,26). The van der Waals surface area contributed by atoms with E-state index in [1.54, 1.807) is 18.4 Å². The third kappa shape index (κ3) is 4.56. The van der Waals surface area contributed by atoms with E-state index in [9.17, 15) is 5.11 Å². The molecule has 0 saturated heterocycles. The van der Waals surface area contributed by atoms with Crippen LogP contribution in [0.1, 0.15) is 16.9 Å². The average Bonchev–Trinajstić information content (AvgIpc) is 3.12. The van der Waals surface area contributed by atoms with Crippen molar-refractivity contribution < 1.29 is 9.52 Å². The fraction of sp³-hybridized carbons (Fsp3) is 0.150. The van der Waals surface area contributed by atoms with Crippen molar-refractivity contribution in [1.29, 1.82) is 0 Å². The topological polar surface area (TPSA) is 48.6 Å². The monoisotopic (exact) mass is 386 g/mol. The van der Waals surface area contributed by atoms with Crippen LogP contribution in [-0.2, 0) is 13.1 Å². The predicted octanol–water partition coefficient (Wildman–Crippen LogP) is 5.35. The third-order valence-corrected chi connectivity index (χ3v) is 4.76. The zero-order valence-electron chi connectivity index (χ0n) is 14.3. The lowest BCUT2D eigenvalue weighted by Gasteiger charge is -2.25. The molecule has 3 rings (SSSR count). The van der Waals surface area contributed by atoms with Crippen LogP contribution >= 0.6 is 23.8 Å². The molecule has 0 aliphatic carbocycles. The van der Waals surface area contributed by atoms with Crippen molar-refractivity contribution in [3.8, 4) is 5.75 Å². The number of phenolic OH excluding ortho intramolecular Hbond substituents is 1. The molecule has 26 heavy (non-hydrogen) atoms. The summed E-state index contributed by atoms with van der Waals surface area (Å²) in [5.74, 6) is 1.02. The number of hydrogen-bond donors (Lipinski definition) is 2. The van der Waals surface area contributed by atoms with E-state index in [1.807, 2.05) is 54.3 Å². The summed E-state index contributed by atoms with van der Waals surface area (Å²) >= 11 is 11.8. The number of furan rings is 1. The normalized spacial score (nSPS) is 10.5. The number of nitrogens with one attached hydrogen (secondary N) is 1. The van der Waals surface area contributed by atoms with Gasteiger partial charge in [-0.1, -0.05) is 35.9 Å². The zero-order valence-corrected chi connectivity index (χ0v) is 15.8. The van der Waals surface area contributed by atoms with Gasteiger partial charge in [-0.25, -0.2) is 0 Å². The maximum absolute atomic E-state index is 10.1. The van der Waals surface area contributed by atoms with Crippen LogP contribution in [0.4, 0.5) is 5.69 Å². The highest BCUT2D eigenvalue weighted by Crippen LogP contribution is 2.23. The van der Waals surface area contributed by atoms with E-state index in [2.05, 4.69) is 5.32 Å². The van der Waals surface area contributed by atoms with Gasteiger partial charge in [0, 0.05) is 22.8 Å². The summed E-state index contributed by atoms with van der Waals surface area (Å²) in [6, 6.07) is 16.6. The highest BCUT2D eigenvalue weighted by Gasteiger charge is 2.15. The summed E-state index contributed by atoms with van der Waals surface area (Å²) < 4.78 is 5.45. The molecule has 0 unspecified atom stereocenters. The number of aryl methyl sites for hydroxylation is 1. The van der Waals surface area contributed by atoms with Crippen LogP contribution in [0.2, 0.25) is 5.02 Å². The van der Waals surface area contributed by atoms with E-state index in [1.165, 1.54) is 0 Å². The van der Waals surface area contributed by atoms with Gasteiger partial charge < -0.3 is 19.7 Å². The lowest BCUT2D eigenvalue weighted by Crippen LogP contribution is -2.33. The largest absolute Gasteiger partial charge is 0.508 e. The van der Waals surface area contributed by atoms with E-state index in [0.29, 0.717) is 23.2 Å². The number of aromatic hydroxyl groups is 1. The molecule has 0 fully saturated rings. The maximum Gasteiger partial charge on any atom is 0.174 e. The first-order chi connectivity index (χ1) is 12.5. The first kappa shape index (κ1) is 18.3. The lowest BCUT2D eigenvalue weighted by molar-refractivity contribution is 0.353. The van der Waals surface area contributed by atoms with Gasteiger partial charge in [0.1, 0.15) is 11.5 Å². The molecule has 3 aromatic rings. The van der Waals surface area contributed by atoms with Crippen LogP contribution in [0.5, 0.6) is 5.75 Å². The number of hydrogen-bond acceptors (Lipinski definition) is 3. The number of rotatable bonds is 5. The Bertz CT molecular complexity index is 897. The highest BCUT2D eigenvalue weighted by atomic mass is 35.5. The summed E-state index contributed by atoms with van der Waals surface area (Å²) in [5.41, 5.74) is 2.60. The summed E-state index contributed by atoms with van der Waals surface area (Å²) in [7, 11) is 0. The fourth-order valence-corrected chi connectivity index (χ4v) is 2.94. The molecule has 0 bridgehead atoms. The van der Waals surface area contributed by atoms with Crippen LogP contribution in [0.3, 0.4) is 0 Å². The molecule has 134 valence electrons. The van der Waals surface area contributed by atoms with Crippen LogP contribution in [0, 0.1) is 6.92 Å². The van der Waals surface area contributed by atoms with E-state index in [0.717, 1.165) is 22.6 Å². The zero-order chi connectivity index (χ0) is 18.5. The van der Waals surface area contributed by atoms with Crippen molar-refractivity contribution in [1.82, 2.24) is 4.90 Å². The van der Waals surface area contributed by atoms with Crippen LogP contribution in [0.15, 0.2) is 65.3 Å². The van der Waals surface area contributed by atoms with Crippen molar-refractivity contribution in [3.63, 3.8) is 0 Å². The van der Waals surface area contributed by atoms with Gasteiger partial charge in [-0.3, -0.25) is 0 Å². The maximum atomic E-state index is 10.1. The molecule has 0 aliphatic rings. The molecule has 0 radical (unpaired) electrons. The molecule has 0 spiro atoms. The van der Waals surface area contributed by atoms with E-state index < -0.39 is 0 Å². The van der Waals surface area contributed by atoms with E-state index >= 15 is 0 Å². The van der Waals surface area contributed by atoms with Crippen molar-refractivity contribution in [2.45, 2.75) is 20.0 Å². The van der Waals surface area contributed by atoms with Gasteiger partial charge in [0.2, 0.25) is 0 Å². The molecule has 4 nitrogen and oxygen atoms in total. The Morgan fingerprint density at radius 1 is 1.15 bits per heavy atom. The summed E-state index contributed by atoms with van der Waals surface area (Å²) in [5, 5.41) is 14.5. The van der Waals surface area contributed by atoms with Gasteiger partial charge in [0.25, 0.3) is 0 Å². The Balaban J connectivity index is 1.80. The Kier molecular flexibility index (Phi) is 5.81. The van der Waals surface area contributed by atoms with Crippen LogP contribution in [-0.4, -0.2) is 15.1 Å². The number of nitrogens with zero attached hydrogens (tertiary/aromatic N) is 1. The van der Waals surface area contributed by atoms with Crippen molar-refractivity contribution in [2.75, 3.05) is 5.32 Å². The Morgan fingerprint density at radius 2 is 1.96 bits per heavy atom. The molecular weight excluding hydrogens is 368 g/mol. The number of para-hydroxylation sites is 1. The predicted molar refractivity (Wildman–Crippen MR) is 108 cm³/mol. The summed E-state index contributed by atoms with van der Waals surface area (Å²) in [4.78, 5) is 1.93. The SMILES string of the molecule is Cc1ccc(NC(=S)N(Cc2ccco2)Cc2ccccc2O)cc1Cl. The number of anilines is 1. The number of benzene rings is 2. The highest BCUT2D eigenvalue weighted by molar-refractivity contribution is 7.80. The second-order valence-electron chi connectivity index (χ2n) is 5.96. The van der Waals surface area contributed by atoms with Gasteiger partial charge in [-0.05, 0) is 55.0 Å². The minimum absolute atomic E-state index is 0.234. The first-order valence-corrected chi connectivity index (χ1v) is 8.93. The second-order valence-corrected chi connectivity index (χ2v) is 6.75. The molecule has 0 amide bonds. The quantitative estimate of drug-likeness (QED) is 0.579. The van der Waals surface area contributed by atoms with Crippen molar-refractivity contribution >= 4 is 34.6 Å². The van der Waals surface area contributed by atoms with Crippen LogP contribution < -0.4 is 5.32 Å².